The van der Waals surface area contributed by atoms with Crippen molar-refractivity contribution in [3.8, 4) is 0 Å². The van der Waals surface area contributed by atoms with Crippen molar-refractivity contribution in [3.05, 3.63) is 48.1 Å². The first kappa shape index (κ1) is 10.5. The van der Waals surface area contributed by atoms with E-state index in [4.69, 9.17) is 0 Å². The molecule has 74 valence electrons. The number of ether oxygens (including phenoxy) is 1. The standard InChI is InChI=1S/C12H14O2/c1-10-5-3-4-6-11(9-10)7-8-12(13)14-2/h3-10H,1-2H3/b8-7+. The number of methoxy groups -OCH3 is 1. The number of hydrogen-bond acceptors (Lipinski definition) is 2. The molecule has 2 nitrogen and oxygen atoms in total. The molecule has 0 aromatic rings. The summed E-state index contributed by atoms with van der Waals surface area (Å²) in [7, 11) is 1.37. The zero-order valence-corrected chi connectivity index (χ0v) is 8.44. The number of carbonyl (C=O) groups is 1. The van der Waals surface area contributed by atoms with Crippen LogP contribution in [0.4, 0.5) is 0 Å². The van der Waals surface area contributed by atoms with Crippen LogP contribution in [0, 0.1) is 5.92 Å². The van der Waals surface area contributed by atoms with Crippen LogP contribution in [-0.4, -0.2) is 13.1 Å². The maximum absolute atomic E-state index is 10.8. The monoisotopic (exact) mass is 190 g/mol. The van der Waals surface area contributed by atoms with Crippen LogP contribution in [0.25, 0.3) is 0 Å². The second kappa shape index (κ2) is 5.22. The zero-order valence-electron chi connectivity index (χ0n) is 8.44. The van der Waals surface area contributed by atoms with Gasteiger partial charge in [0.2, 0.25) is 0 Å². The average Bonchev–Trinajstić information content (AvgIpc) is 2.39. The van der Waals surface area contributed by atoms with E-state index in [0.29, 0.717) is 5.92 Å². The van der Waals surface area contributed by atoms with Crippen LogP contribution in [0.3, 0.4) is 0 Å². The van der Waals surface area contributed by atoms with Crippen molar-refractivity contribution in [1.82, 2.24) is 0 Å². The summed E-state index contributed by atoms with van der Waals surface area (Å²) in [5, 5.41) is 0. The molecule has 0 aliphatic heterocycles. The summed E-state index contributed by atoms with van der Waals surface area (Å²) in [5.41, 5.74) is 1.02. The van der Waals surface area contributed by atoms with Gasteiger partial charge >= 0.3 is 5.97 Å². The minimum absolute atomic E-state index is 0.329. The maximum atomic E-state index is 10.8. The lowest BCUT2D eigenvalue weighted by Gasteiger charge is -1.97. The van der Waals surface area contributed by atoms with E-state index < -0.39 is 0 Å². The van der Waals surface area contributed by atoms with Crippen LogP contribution in [0.2, 0.25) is 0 Å². The fourth-order valence-electron chi connectivity index (χ4n) is 1.16. The van der Waals surface area contributed by atoms with E-state index in [1.54, 1.807) is 6.08 Å². The van der Waals surface area contributed by atoms with Gasteiger partial charge in [-0.3, -0.25) is 0 Å². The molecule has 0 saturated carbocycles. The van der Waals surface area contributed by atoms with Gasteiger partial charge in [0.25, 0.3) is 0 Å². The summed E-state index contributed by atoms with van der Waals surface area (Å²) in [6, 6.07) is 0. The highest BCUT2D eigenvalue weighted by Gasteiger charge is 1.97. The maximum Gasteiger partial charge on any atom is 0.330 e. The van der Waals surface area contributed by atoms with Crippen LogP contribution < -0.4 is 0 Å². The summed E-state index contributed by atoms with van der Waals surface area (Å²) in [5.74, 6) is 0.0615. The third-order valence-corrected chi connectivity index (χ3v) is 1.88. The van der Waals surface area contributed by atoms with Crippen molar-refractivity contribution in [3.63, 3.8) is 0 Å². The first-order chi connectivity index (χ1) is 6.72. The summed E-state index contributed by atoms with van der Waals surface area (Å²) >= 11 is 0. The van der Waals surface area contributed by atoms with E-state index in [-0.39, 0.29) is 5.97 Å². The third kappa shape index (κ3) is 3.44. The van der Waals surface area contributed by atoms with Gasteiger partial charge in [-0.15, -0.1) is 0 Å². The van der Waals surface area contributed by atoms with Crippen molar-refractivity contribution in [2.24, 2.45) is 5.92 Å². The molecule has 1 atom stereocenters. The number of carbonyl (C=O) groups excluding carboxylic acids is 1. The Bertz CT molecular complexity index is 319. The molecular weight excluding hydrogens is 176 g/mol. The minimum Gasteiger partial charge on any atom is -0.466 e. The fraction of sp³-hybridized carbons (Fsp3) is 0.250. The molecule has 1 unspecified atom stereocenters. The Morgan fingerprint density at radius 3 is 3.00 bits per heavy atom. The first-order valence-corrected chi connectivity index (χ1v) is 4.55. The Hall–Kier alpha value is -1.57. The van der Waals surface area contributed by atoms with Crippen LogP contribution in [0.5, 0.6) is 0 Å². The fourth-order valence-corrected chi connectivity index (χ4v) is 1.16. The second-order valence-corrected chi connectivity index (χ2v) is 3.13. The van der Waals surface area contributed by atoms with Gasteiger partial charge in [0, 0.05) is 6.08 Å². The SMILES string of the molecule is COC(=O)/C=C/C1=CC(C)C=CC=C1. The predicted molar refractivity (Wildman–Crippen MR) is 56.7 cm³/mol. The number of allylic oxidation sites excluding steroid dienone is 7. The molecule has 0 heterocycles. The Morgan fingerprint density at radius 1 is 1.50 bits per heavy atom. The smallest absolute Gasteiger partial charge is 0.330 e. The highest BCUT2D eigenvalue weighted by Crippen LogP contribution is 2.11. The summed E-state index contributed by atoms with van der Waals surface area (Å²) < 4.78 is 4.51. The van der Waals surface area contributed by atoms with Crippen molar-refractivity contribution in [2.45, 2.75) is 6.92 Å². The highest BCUT2D eigenvalue weighted by molar-refractivity contribution is 5.82. The van der Waals surface area contributed by atoms with Gasteiger partial charge in [-0.05, 0) is 17.6 Å². The van der Waals surface area contributed by atoms with Gasteiger partial charge in [-0.25, -0.2) is 4.79 Å². The number of esters is 1. The largest absolute Gasteiger partial charge is 0.466 e. The molecule has 1 aliphatic carbocycles. The molecule has 1 aliphatic rings. The minimum atomic E-state index is -0.329. The topological polar surface area (TPSA) is 26.3 Å². The van der Waals surface area contributed by atoms with Gasteiger partial charge < -0.3 is 4.74 Å². The molecular formula is C12H14O2. The van der Waals surface area contributed by atoms with Gasteiger partial charge in [0.1, 0.15) is 0 Å². The second-order valence-electron chi connectivity index (χ2n) is 3.13. The van der Waals surface area contributed by atoms with Crippen LogP contribution in [0.15, 0.2) is 48.1 Å². The van der Waals surface area contributed by atoms with Crippen LogP contribution in [0.1, 0.15) is 6.92 Å². The molecule has 0 N–H and O–H groups in total. The Labute approximate surface area is 84.3 Å². The molecule has 1 rings (SSSR count). The average molecular weight is 190 g/mol. The molecule has 0 fully saturated rings. The lowest BCUT2D eigenvalue weighted by atomic mass is 10.1. The van der Waals surface area contributed by atoms with E-state index in [2.05, 4.69) is 23.8 Å². The van der Waals surface area contributed by atoms with E-state index in [0.717, 1.165) is 5.57 Å². The van der Waals surface area contributed by atoms with Gasteiger partial charge in [-0.2, -0.15) is 0 Å². The molecule has 0 spiro atoms. The third-order valence-electron chi connectivity index (χ3n) is 1.88. The van der Waals surface area contributed by atoms with Gasteiger partial charge in [-0.1, -0.05) is 37.3 Å². The lowest BCUT2D eigenvalue weighted by Crippen LogP contribution is -1.93. The highest BCUT2D eigenvalue weighted by atomic mass is 16.5. The van der Waals surface area contributed by atoms with Crippen molar-refractivity contribution >= 4 is 5.97 Å². The van der Waals surface area contributed by atoms with Crippen LogP contribution >= 0.6 is 0 Å². The van der Waals surface area contributed by atoms with Gasteiger partial charge in [0.15, 0.2) is 0 Å². The van der Waals surface area contributed by atoms with Gasteiger partial charge in [0.05, 0.1) is 7.11 Å². The first-order valence-electron chi connectivity index (χ1n) is 4.55. The molecule has 0 saturated heterocycles. The zero-order chi connectivity index (χ0) is 10.4. The van der Waals surface area contributed by atoms with Crippen molar-refractivity contribution < 1.29 is 9.53 Å². The van der Waals surface area contributed by atoms with Crippen molar-refractivity contribution in [1.29, 1.82) is 0 Å². The Morgan fingerprint density at radius 2 is 2.29 bits per heavy atom. The summed E-state index contributed by atoms with van der Waals surface area (Å²) in [6.45, 7) is 2.09. The van der Waals surface area contributed by atoms with E-state index in [9.17, 15) is 4.79 Å². The summed E-state index contributed by atoms with van der Waals surface area (Å²) in [6.07, 6.45) is 13.3. The molecule has 0 amide bonds. The number of hydrogen-bond donors (Lipinski definition) is 0. The molecule has 14 heavy (non-hydrogen) atoms. The molecule has 0 aromatic carbocycles. The Balaban J connectivity index is 2.69. The Kier molecular flexibility index (Phi) is 3.92. The molecule has 0 aromatic heterocycles. The van der Waals surface area contributed by atoms with E-state index in [1.165, 1.54) is 13.2 Å². The van der Waals surface area contributed by atoms with E-state index in [1.807, 2.05) is 18.2 Å². The van der Waals surface area contributed by atoms with Crippen LogP contribution in [-0.2, 0) is 9.53 Å². The molecule has 0 radical (unpaired) electrons. The quantitative estimate of drug-likeness (QED) is 0.493. The van der Waals surface area contributed by atoms with Crippen molar-refractivity contribution in [2.75, 3.05) is 7.11 Å². The normalized spacial score (nSPS) is 20.7. The predicted octanol–water partition coefficient (Wildman–Crippen LogP) is 2.40. The molecule has 2 heteroatoms. The lowest BCUT2D eigenvalue weighted by molar-refractivity contribution is -0.134. The molecule has 0 bridgehead atoms. The number of rotatable bonds is 2. The van der Waals surface area contributed by atoms with E-state index >= 15 is 0 Å². The summed E-state index contributed by atoms with van der Waals surface area (Å²) in [4.78, 5) is 10.8.